The van der Waals surface area contributed by atoms with Crippen LogP contribution in [-0.2, 0) is 11.3 Å². The first-order valence-electron chi connectivity index (χ1n) is 6.94. The Kier molecular flexibility index (Phi) is 6.32. The van der Waals surface area contributed by atoms with Gasteiger partial charge in [0, 0.05) is 12.1 Å². The second kappa shape index (κ2) is 7.51. The lowest BCUT2D eigenvalue weighted by molar-refractivity contribution is 0.0345. The predicted molar refractivity (Wildman–Crippen MR) is 79.6 cm³/mol. The van der Waals surface area contributed by atoms with Crippen molar-refractivity contribution in [3.63, 3.8) is 0 Å². The molecule has 0 heterocycles. The number of rotatable bonds is 7. The highest BCUT2D eigenvalue weighted by Gasteiger charge is 2.13. The van der Waals surface area contributed by atoms with E-state index in [0.717, 1.165) is 24.3 Å². The quantitative estimate of drug-likeness (QED) is 0.820. The smallest absolute Gasteiger partial charge is 0.119 e. The van der Waals surface area contributed by atoms with Gasteiger partial charge in [-0.05, 0) is 44.9 Å². The van der Waals surface area contributed by atoms with Gasteiger partial charge in [0.15, 0.2) is 0 Å². The summed E-state index contributed by atoms with van der Waals surface area (Å²) < 4.78 is 11.2. The van der Waals surface area contributed by atoms with E-state index in [4.69, 9.17) is 9.47 Å². The number of nitrogens with one attached hydrogen (secondary N) is 1. The van der Waals surface area contributed by atoms with Crippen LogP contribution in [0.15, 0.2) is 24.3 Å². The number of hydrogen-bond donors (Lipinski definition) is 1. The van der Waals surface area contributed by atoms with Gasteiger partial charge >= 0.3 is 0 Å². The lowest BCUT2D eigenvalue weighted by atomic mass is 10.1. The molecule has 108 valence electrons. The highest BCUT2D eigenvalue weighted by Crippen LogP contribution is 2.14. The molecule has 0 amide bonds. The van der Waals surface area contributed by atoms with Crippen LogP contribution in [0.1, 0.15) is 39.7 Å². The minimum atomic E-state index is 0.132. The van der Waals surface area contributed by atoms with Crippen molar-refractivity contribution in [2.24, 2.45) is 0 Å². The molecule has 3 nitrogen and oxygen atoms in total. The van der Waals surface area contributed by atoms with Crippen LogP contribution in [0, 0.1) is 0 Å². The topological polar surface area (TPSA) is 30.5 Å². The van der Waals surface area contributed by atoms with Gasteiger partial charge in [0.25, 0.3) is 0 Å². The summed E-state index contributed by atoms with van der Waals surface area (Å²) in [4.78, 5) is 0. The second-order valence-corrected chi connectivity index (χ2v) is 5.82. The van der Waals surface area contributed by atoms with Gasteiger partial charge < -0.3 is 14.8 Å². The van der Waals surface area contributed by atoms with Gasteiger partial charge in [0.05, 0.1) is 19.8 Å². The zero-order valence-electron chi connectivity index (χ0n) is 12.8. The molecule has 3 heteroatoms. The zero-order valence-corrected chi connectivity index (χ0v) is 12.8. The summed E-state index contributed by atoms with van der Waals surface area (Å²) in [5, 5.41) is 3.48. The summed E-state index contributed by atoms with van der Waals surface area (Å²) in [5.41, 5.74) is 1.28. The molecule has 0 fully saturated rings. The SMILES string of the molecule is CCC(CNC(C)(C)C)OCc1cccc(OC)c1. The molecule has 0 aliphatic carbocycles. The number of ether oxygens (including phenoxy) is 2. The van der Waals surface area contributed by atoms with Gasteiger partial charge in [-0.2, -0.15) is 0 Å². The van der Waals surface area contributed by atoms with E-state index in [2.05, 4.69) is 39.1 Å². The first-order chi connectivity index (χ1) is 8.94. The molecule has 0 bridgehead atoms. The van der Waals surface area contributed by atoms with Crippen LogP contribution in [-0.4, -0.2) is 25.3 Å². The summed E-state index contributed by atoms with van der Waals surface area (Å²) in [6.07, 6.45) is 1.25. The fourth-order valence-corrected chi connectivity index (χ4v) is 1.72. The van der Waals surface area contributed by atoms with Crippen molar-refractivity contribution in [3.8, 4) is 5.75 Å². The van der Waals surface area contributed by atoms with Crippen LogP contribution in [0.5, 0.6) is 5.75 Å². The standard InChI is InChI=1S/C16H27NO2/c1-6-14(11-17-16(2,3)4)19-12-13-8-7-9-15(10-13)18-5/h7-10,14,17H,6,11-12H2,1-5H3. The van der Waals surface area contributed by atoms with Crippen molar-refractivity contribution in [1.29, 1.82) is 0 Å². The Bertz CT molecular complexity index is 371. The number of hydrogen-bond acceptors (Lipinski definition) is 3. The molecule has 1 N–H and O–H groups in total. The Labute approximate surface area is 117 Å². The molecule has 1 aromatic rings. The second-order valence-electron chi connectivity index (χ2n) is 5.82. The van der Waals surface area contributed by atoms with Gasteiger partial charge in [0.2, 0.25) is 0 Å². The maximum absolute atomic E-state index is 5.95. The Morgan fingerprint density at radius 2 is 2.00 bits per heavy atom. The maximum Gasteiger partial charge on any atom is 0.119 e. The van der Waals surface area contributed by atoms with E-state index in [9.17, 15) is 0 Å². The van der Waals surface area contributed by atoms with Crippen molar-refractivity contribution >= 4 is 0 Å². The van der Waals surface area contributed by atoms with E-state index < -0.39 is 0 Å². The molecule has 19 heavy (non-hydrogen) atoms. The van der Waals surface area contributed by atoms with Crippen molar-refractivity contribution in [2.75, 3.05) is 13.7 Å². The average Bonchev–Trinajstić information content (AvgIpc) is 2.38. The zero-order chi connectivity index (χ0) is 14.3. The van der Waals surface area contributed by atoms with E-state index >= 15 is 0 Å². The Balaban J connectivity index is 2.44. The summed E-state index contributed by atoms with van der Waals surface area (Å²) in [5.74, 6) is 0.877. The Hall–Kier alpha value is -1.06. The molecule has 0 aromatic heterocycles. The average molecular weight is 265 g/mol. The van der Waals surface area contributed by atoms with Crippen LogP contribution in [0.4, 0.5) is 0 Å². The van der Waals surface area contributed by atoms with E-state index in [1.807, 2.05) is 18.2 Å². The maximum atomic E-state index is 5.95. The van der Waals surface area contributed by atoms with E-state index in [1.54, 1.807) is 7.11 Å². The van der Waals surface area contributed by atoms with E-state index in [1.165, 1.54) is 0 Å². The molecular formula is C16H27NO2. The summed E-state index contributed by atoms with van der Waals surface area (Å²) in [6, 6.07) is 8.02. The Morgan fingerprint density at radius 3 is 2.58 bits per heavy atom. The fraction of sp³-hybridized carbons (Fsp3) is 0.625. The predicted octanol–water partition coefficient (Wildman–Crippen LogP) is 3.38. The van der Waals surface area contributed by atoms with Crippen molar-refractivity contribution in [3.05, 3.63) is 29.8 Å². The summed E-state index contributed by atoms with van der Waals surface area (Å²) in [7, 11) is 1.68. The molecule has 0 saturated heterocycles. The van der Waals surface area contributed by atoms with Crippen molar-refractivity contribution in [1.82, 2.24) is 5.32 Å². The molecule has 0 aliphatic rings. The van der Waals surface area contributed by atoms with Gasteiger partial charge in [-0.1, -0.05) is 19.1 Å². The molecule has 1 unspecified atom stereocenters. The first-order valence-corrected chi connectivity index (χ1v) is 6.94. The minimum absolute atomic E-state index is 0.132. The summed E-state index contributed by atoms with van der Waals surface area (Å²) >= 11 is 0. The number of benzene rings is 1. The molecule has 1 aromatic carbocycles. The molecule has 1 atom stereocenters. The first kappa shape index (κ1) is 16.0. The lowest BCUT2D eigenvalue weighted by Crippen LogP contribution is -2.41. The van der Waals surface area contributed by atoms with Gasteiger partial charge in [0.1, 0.15) is 5.75 Å². The van der Waals surface area contributed by atoms with Crippen LogP contribution < -0.4 is 10.1 Å². The van der Waals surface area contributed by atoms with Gasteiger partial charge in [-0.15, -0.1) is 0 Å². The molecule has 1 rings (SSSR count). The molecular weight excluding hydrogens is 238 g/mol. The van der Waals surface area contributed by atoms with E-state index in [-0.39, 0.29) is 11.6 Å². The van der Waals surface area contributed by atoms with Crippen LogP contribution in [0.25, 0.3) is 0 Å². The minimum Gasteiger partial charge on any atom is -0.497 e. The van der Waals surface area contributed by atoms with E-state index in [0.29, 0.717) is 6.61 Å². The third kappa shape index (κ3) is 6.60. The molecule has 0 spiro atoms. The summed E-state index contributed by atoms with van der Waals surface area (Å²) in [6.45, 7) is 10.2. The number of methoxy groups -OCH3 is 1. The highest BCUT2D eigenvalue weighted by molar-refractivity contribution is 5.27. The van der Waals surface area contributed by atoms with Gasteiger partial charge in [-0.3, -0.25) is 0 Å². The van der Waals surface area contributed by atoms with Crippen LogP contribution >= 0.6 is 0 Å². The lowest BCUT2D eigenvalue weighted by Gasteiger charge is -2.25. The monoisotopic (exact) mass is 265 g/mol. The third-order valence-electron chi connectivity index (χ3n) is 2.94. The van der Waals surface area contributed by atoms with Gasteiger partial charge in [-0.25, -0.2) is 0 Å². The molecule has 0 radical (unpaired) electrons. The Morgan fingerprint density at radius 1 is 1.26 bits per heavy atom. The third-order valence-corrected chi connectivity index (χ3v) is 2.94. The normalized spacial score (nSPS) is 13.3. The largest absolute Gasteiger partial charge is 0.497 e. The van der Waals surface area contributed by atoms with Crippen molar-refractivity contribution < 1.29 is 9.47 Å². The molecule has 0 saturated carbocycles. The highest BCUT2D eigenvalue weighted by atomic mass is 16.5. The van der Waals surface area contributed by atoms with Crippen LogP contribution in [0.2, 0.25) is 0 Å². The fourth-order valence-electron chi connectivity index (χ4n) is 1.72. The molecule has 0 aliphatic heterocycles. The van der Waals surface area contributed by atoms with Crippen LogP contribution in [0.3, 0.4) is 0 Å². The van der Waals surface area contributed by atoms with Crippen molar-refractivity contribution in [2.45, 2.75) is 52.4 Å².